The Morgan fingerprint density at radius 3 is 2.48 bits per heavy atom. The first kappa shape index (κ1) is 22.6. The lowest BCUT2D eigenvalue weighted by molar-refractivity contribution is -0.142. The molecule has 4 N–H and O–H groups in total. The number of nitrogens with one attached hydrogen (secondary N) is 2. The zero-order valence-corrected chi connectivity index (χ0v) is 17.0. The molecule has 1 aromatic rings. The van der Waals surface area contributed by atoms with Gasteiger partial charge in [-0.3, -0.25) is 0 Å². The molecule has 0 bridgehead atoms. The van der Waals surface area contributed by atoms with Crippen molar-refractivity contribution >= 4 is 18.1 Å². The van der Waals surface area contributed by atoms with Crippen LogP contribution < -0.4 is 10.6 Å². The highest BCUT2D eigenvalue weighted by Gasteiger charge is 2.42. The molecule has 2 amide bonds. The monoisotopic (exact) mass is 403 g/mol. The number of isocyanates is 1. The second-order valence-electron chi connectivity index (χ2n) is 8.95. The van der Waals surface area contributed by atoms with Gasteiger partial charge in [-0.15, -0.1) is 0 Å². The van der Waals surface area contributed by atoms with E-state index >= 15 is 0 Å². The Bertz CT molecular complexity index is 776. The molecule has 4 atom stereocenters. The highest BCUT2D eigenvalue weighted by molar-refractivity contribution is 5.83. The number of aliphatic imine (C=N–C) groups is 1. The summed E-state index contributed by atoms with van der Waals surface area (Å²) in [7, 11) is 0. The third kappa shape index (κ3) is 6.41. The van der Waals surface area contributed by atoms with Gasteiger partial charge < -0.3 is 20.8 Å². The molecular formula is C21H29N3O5. The van der Waals surface area contributed by atoms with Crippen molar-refractivity contribution in [2.45, 2.75) is 58.2 Å². The van der Waals surface area contributed by atoms with E-state index in [-0.39, 0.29) is 16.9 Å². The third-order valence-corrected chi connectivity index (χ3v) is 5.31. The van der Waals surface area contributed by atoms with E-state index in [4.69, 9.17) is 0 Å². The molecule has 0 radical (unpaired) electrons. The van der Waals surface area contributed by atoms with Crippen LogP contribution in [0.3, 0.4) is 0 Å². The summed E-state index contributed by atoms with van der Waals surface area (Å²) in [5.41, 5.74) is 0.0460. The van der Waals surface area contributed by atoms with E-state index in [1.807, 2.05) is 6.92 Å². The number of aliphatic hydroxyl groups is 1. The number of aliphatic hydroxyl groups excluding tert-OH is 1. The smallest absolute Gasteiger partial charge is 0.329 e. The summed E-state index contributed by atoms with van der Waals surface area (Å²) in [6.07, 6.45) is 2.35. The number of amides is 2. The lowest BCUT2D eigenvalue weighted by atomic mass is 9.62. The summed E-state index contributed by atoms with van der Waals surface area (Å²) < 4.78 is 0. The fourth-order valence-electron chi connectivity index (χ4n) is 4.57. The van der Waals surface area contributed by atoms with Crippen molar-refractivity contribution in [2.75, 3.05) is 6.54 Å². The summed E-state index contributed by atoms with van der Waals surface area (Å²) in [5.74, 6) is -1.33. The number of aliphatic carboxylic acids is 1. The van der Waals surface area contributed by atoms with Crippen molar-refractivity contribution in [1.29, 1.82) is 0 Å². The van der Waals surface area contributed by atoms with Crippen molar-refractivity contribution in [3.63, 3.8) is 0 Å². The van der Waals surface area contributed by atoms with Crippen LogP contribution in [0.1, 0.15) is 51.7 Å². The van der Waals surface area contributed by atoms with Gasteiger partial charge in [0.2, 0.25) is 6.08 Å². The summed E-state index contributed by atoms with van der Waals surface area (Å²) in [6, 6.07) is 5.97. The zero-order valence-electron chi connectivity index (χ0n) is 17.0. The predicted molar refractivity (Wildman–Crippen MR) is 107 cm³/mol. The quantitative estimate of drug-likeness (QED) is 0.410. The molecule has 1 aliphatic carbocycles. The van der Waals surface area contributed by atoms with Gasteiger partial charge in [-0.25, -0.2) is 19.4 Å². The van der Waals surface area contributed by atoms with Crippen LogP contribution in [0.4, 0.5) is 4.79 Å². The number of carboxylic acids is 1. The largest absolute Gasteiger partial charge is 0.480 e. The molecule has 158 valence electrons. The van der Waals surface area contributed by atoms with Crippen molar-refractivity contribution < 1.29 is 24.6 Å². The van der Waals surface area contributed by atoms with Gasteiger partial charge >= 0.3 is 12.0 Å². The molecular weight excluding hydrogens is 374 g/mol. The summed E-state index contributed by atoms with van der Waals surface area (Å²) in [4.78, 5) is 38.4. The van der Waals surface area contributed by atoms with E-state index in [2.05, 4.69) is 29.5 Å². The number of hydrogen-bond acceptors (Lipinski definition) is 5. The Balaban J connectivity index is 2.07. The standard InChI is InChI=1S/C21H29N3O5/c1-20(2)9-15(10-21(3,11-20)12-22-13-25)23-19(29)24-16(18(27)28)17(26)14-7-5-4-6-8-14/h4-8,15-17,26H,9-12H2,1-3H3,(H,27,28)(H2,23,24,29). The Morgan fingerprint density at radius 2 is 1.90 bits per heavy atom. The number of benzene rings is 1. The van der Waals surface area contributed by atoms with Gasteiger partial charge in [0.25, 0.3) is 0 Å². The maximum absolute atomic E-state index is 12.5. The minimum atomic E-state index is -1.49. The number of urea groups is 1. The average Bonchev–Trinajstić information content (AvgIpc) is 2.63. The number of rotatable bonds is 7. The molecule has 0 aliphatic heterocycles. The van der Waals surface area contributed by atoms with Crippen LogP contribution in [-0.4, -0.2) is 46.9 Å². The molecule has 0 aromatic heterocycles. The molecule has 1 aliphatic rings. The molecule has 2 rings (SSSR count). The topological polar surface area (TPSA) is 128 Å². The van der Waals surface area contributed by atoms with Gasteiger partial charge in [-0.1, -0.05) is 51.1 Å². The molecule has 8 heteroatoms. The number of carbonyl (C=O) groups excluding carboxylic acids is 2. The molecule has 4 unspecified atom stereocenters. The summed E-state index contributed by atoms with van der Waals surface area (Å²) in [5, 5.41) is 25.1. The first-order valence-electron chi connectivity index (χ1n) is 9.62. The van der Waals surface area contributed by atoms with Crippen molar-refractivity contribution in [3.8, 4) is 0 Å². The second-order valence-corrected chi connectivity index (χ2v) is 8.95. The first-order valence-corrected chi connectivity index (χ1v) is 9.62. The van der Waals surface area contributed by atoms with Crippen LogP contribution in [0.5, 0.6) is 0 Å². The number of carbonyl (C=O) groups is 2. The van der Waals surface area contributed by atoms with Gasteiger partial charge in [0, 0.05) is 6.04 Å². The third-order valence-electron chi connectivity index (χ3n) is 5.31. The minimum Gasteiger partial charge on any atom is -0.480 e. The fourth-order valence-corrected chi connectivity index (χ4v) is 4.57. The van der Waals surface area contributed by atoms with Crippen molar-refractivity contribution in [2.24, 2.45) is 15.8 Å². The van der Waals surface area contributed by atoms with Gasteiger partial charge in [0.1, 0.15) is 6.10 Å². The minimum absolute atomic E-state index is 0.0842. The van der Waals surface area contributed by atoms with Crippen LogP contribution in [-0.2, 0) is 9.59 Å². The Morgan fingerprint density at radius 1 is 1.24 bits per heavy atom. The summed E-state index contributed by atoms with van der Waals surface area (Å²) >= 11 is 0. The SMILES string of the molecule is CC1(C)CC(NC(=O)NC(C(=O)O)C(O)c2ccccc2)CC(C)(CN=C=O)C1. The van der Waals surface area contributed by atoms with E-state index in [1.165, 1.54) is 0 Å². The average molecular weight is 403 g/mol. The van der Waals surface area contributed by atoms with Crippen LogP contribution in [0.25, 0.3) is 0 Å². The van der Waals surface area contributed by atoms with Crippen LogP contribution in [0, 0.1) is 10.8 Å². The van der Waals surface area contributed by atoms with Crippen LogP contribution in [0.2, 0.25) is 0 Å². The maximum Gasteiger partial charge on any atom is 0.329 e. The lowest BCUT2D eigenvalue weighted by Gasteiger charge is -2.46. The molecule has 8 nitrogen and oxygen atoms in total. The Hall–Kier alpha value is -2.70. The van der Waals surface area contributed by atoms with E-state index in [9.17, 15) is 24.6 Å². The highest BCUT2D eigenvalue weighted by atomic mass is 16.4. The summed E-state index contributed by atoms with van der Waals surface area (Å²) in [6.45, 7) is 6.51. The Kier molecular flexibility index (Phi) is 7.16. The highest BCUT2D eigenvalue weighted by Crippen LogP contribution is 2.46. The van der Waals surface area contributed by atoms with E-state index in [1.54, 1.807) is 36.4 Å². The van der Waals surface area contributed by atoms with Gasteiger partial charge in [-0.2, -0.15) is 0 Å². The normalized spacial score (nSPS) is 25.2. The van der Waals surface area contributed by atoms with Crippen LogP contribution >= 0.6 is 0 Å². The van der Waals surface area contributed by atoms with E-state index in [0.29, 0.717) is 24.9 Å². The molecule has 1 fully saturated rings. The van der Waals surface area contributed by atoms with Crippen molar-refractivity contribution in [3.05, 3.63) is 35.9 Å². The molecule has 0 spiro atoms. The first-order chi connectivity index (χ1) is 13.6. The lowest BCUT2D eigenvalue weighted by Crippen LogP contribution is -2.54. The van der Waals surface area contributed by atoms with Gasteiger partial charge in [-0.05, 0) is 35.7 Å². The molecule has 0 heterocycles. The van der Waals surface area contributed by atoms with E-state index in [0.717, 1.165) is 6.42 Å². The fraction of sp³-hybridized carbons (Fsp3) is 0.571. The molecule has 1 aromatic carbocycles. The van der Waals surface area contributed by atoms with Crippen LogP contribution in [0.15, 0.2) is 35.3 Å². The van der Waals surface area contributed by atoms with Crippen molar-refractivity contribution in [1.82, 2.24) is 10.6 Å². The van der Waals surface area contributed by atoms with E-state index < -0.39 is 24.1 Å². The molecule has 0 saturated heterocycles. The Labute approximate surface area is 170 Å². The van der Waals surface area contributed by atoms with Gasteiger partial charge in [0.15, 0.2) is 6.04 Å². The second kappa shape index (κ2) is 9.20. The molecule has 1 saturated carbocycles. The predicted octanol–water partition coefficient (Wildman–Crippen LogP) is 2.39. The van der Waals surface area contributed by atoms with Gasteiger partial charge in [0.05, 0.1) is 6.54 Å². The number of hydrogen-bond donors (Lipinski definition) is 4. The molecule has 29 heavy (non-hydrogen) atoms. The maximum atomic E-state index is 12.5. The number of carboxylic acid groups (broad SMARTS) is 1. The number of nitrogens with zero attached hydrogens (tertiary/aromatic N) is 1. The zero-order chi connectivity index (χ0) is 21.7.